The van der Waals surface area contributed by atoms with Crippen LogP contribution < -0.4 is 0 Å². The average Bonchev–Trinajstić information content (AvgIpc) is 3.24. The van der Waals surface area contributed by atoms with E-state index in [0.717, 1.165) is 12.8 Å². The highest BCUT2D eigenvalue weighted by atomic mass is 32.3. The van der Waals surface area contributed by atoms with Crippen molar-refractivity contribution in [3.05, 3.63) is 0 Å². The molecule has 4 aliphatic carbocycles. The van der Waals surface area contributed by atoms with Gasteiger partial charge >= 0.3 is 10.4 Å². The maximum absolute atomic E-state index is 13.0. The normalized spacial score (nSPS) is 47.7. The summed E-state index contributed by atoms with van der Waals surface area (Å²) in [4.78, 5) is 0. The highest BCUT2D eigenvalue weighted by molar-refractivity contribution is 7.80. The lowest BCUT2D eigenvalue weighted by atomic mass is 9.41. The SMILES string of the molecule is CO[C@H]1[C@H](O[C@H]2CC[C@@]3(C)C(C2)[C@H](O)C[C@]2(O)C3CC[C@@]3(C)C2[C@@H](OS(=O)(=O)O)[C@H](O)[C@@H]3[C@H](C)CC[C@H](CCO)C(C)C)OC[C@@H](OC)[C@@H]1O. The molecule has 0 aromatic rings. The van der Waals surface area contributed by atoms with Crippen molar-refractivity contribution in [3.8, 4) is 0 Å². The minimum absolute atomic E-state index is 0.0369. The molecule has 3 unspecified atom stereocenters. The Morgan fingerprint density at radius 2 is 1.60 bits per heavy atom. The highest BCUT2D eigenvalue weighted by Crippen LogP contribution is 2.70. The van der Waals surface area contributed by atoms with Crippen LogP contribution in [-0.2, 0) is 33.5 Å². The quantitative estimate of drug-likeness (QED) is 0.119. The molecule has 0 aromatic heterocycles. The lowest BCUT2D eigenvalue weighted by Gasteiger charge is -2.66. The fourth-order valence-corrected chi connectivity index (χ4v) is 12.5. The standard InChI is InChI=1S/C36H64O13S/c1-19(2)21(12-15-37)9-8-20(3)27-29(40)30(49-50(42,43)44)32-35(27,5)14-11-26-34(4)13-10-22(16-23(34)24(38)17-36(26,32)41)48-33-31(46-7)28(39)25(45-6)18-47-33/h19-33,37-41H,8-18H2,1-7H3,(H,42,43,44)/t20-,21-,22+,23?,24-,25-,26?,27+,28+,29-,30+,31-,32?,33+,34+,35-,36+/m1/s1. The zero-order valence-electron chi connectivity index (χ0n) is 30.9. The van der Waals surface area contributed by atoms with Crippen molar-refractivity contribution in [1.82, 2.24) is 0 Å². The van der Waals surface area contributed by atoms with Crippen molar-refractivity contribution in [2.75, 3.05) is 27.4 Å². The minimum Gasteiger partial charge on any atom is -0.396 e. The van der Waals surface area contributed by atoms with Gasteiger partial charge in [-0.3, -0.25) is 4.55 Å². The number of hydrogen-bond acceptors (Lipinski definition) is 12. The van der Waals surface area contributed by atoms with Gasteiger partial charge in [-0.25, -0.2) is 4.18 Å². The third kappa shape index (κ3) is 7.32. The fraction of sp³-hybridized carbons (Fsp3) is 1.00. The van der Waals surface area contributed by atoms with E-state index < -0.39 is 81.6 Å². The molecule has 1 aliphatic heterocycles. The second-order valence-electron chi connectivity index (χ2n) is 17.2. The molecule has 0 amide bonds. The largest absolute Gasteiger partial charge is 0.397 e. The molecule has 292 valence electrons. The van der Waals surface area contributed by atoms with Gasteiger partial charge in [0.05, 0.1) is 30.5 Å². The van der Waals surface area contributed by atoms with E-state index in [2.05, 4.69) is 20.8 Å². The summed E-state index contributed by atoms with van der Waals surface area (Å²) in [6.07, 6.45) is -1.87. The van der Waals surface area contributed by atoms with Gasteiger partial charge in [0, 0.05) is 33.2 Å². The van der Waals surface area contributed by atoms with Crippen molar-refractivity contribution >= 4 is 10.4 Å². The van der Waals surface area contributed by atoms with E-state index in [9.17, 15) is 38.5 Å². The van der Waals surface area contributed by atoms with Gasteiger partial charge in [-0.15, -0.1) is 0 Å². The first-order valence-corrected chi connectivity index (χ1v) is 20.1. The number of fused-ring (bicyclic) bond motifs is 5. The van der Waals surface area contributed by atoms with E-state index in [4.69, 9.17) is 23.1 Å². The van der Waals surface area contributed by atoms with Gasteiger partial charge in [0.25, 0.3) is 0 Å². The van der Waals surface area contributed by atoms with Crippen molar-refractivity contribution in [1.29, 1.82) is 0 Å². The predicted octanol–water partition coefficient (Wildman–Crippen LogP) is 2.70. The summed E-state index contributed by atoms with van der Waals surface area (Å²) in [6.45, 7) is 10.6. The van der Waals surface area contributed by atoms with Crippen LogP contribution in [0.4, 0.5) is 0 Å². The number of hydrogen-bond donors (Lipinski definition) is 6. The Morgan fingerprint density at radius 1 is 0.920 bits per heavy atom. The van der Waals surface area contributed by atoms with Gasteiger partial charge < -0.3 is 44.5 Å². The van der Waals surface area contributed by atoms with E-state index >= 15 is 0 Å². The topological polar surface area (TPSA) is 202 Å². The second kappa shape index (κ2) is 15.3. The first kappa shape index (κ1) is 40.7. The molecule has 5 rings (SSSR count). The number of rotatable bonds is 13. The fourth-order valence-electron chi connectivity index (χ4n) is 12.0. The predicted molar refractivity (Wildman–Crippen MR) is 182 cm³/mol. The molecule has 50 heavy (non-hydrogen) atoms. The van der Waals surface area contributed by atoms with Crippen molar-refractivity contribution < 1.29 is 61.6 Å². The Balaban J connectivity index is 1.40. The smallest absolute Gasteiger partial charge is 0.396 e. The molecule has 4 saturated carbocycles. The Hall–Kier alpha value is -0.490. The Kier molecular flexibility index (Phi) is 12.5. The van der Waals surface area contributed by atoms with Gasteiger partial charge in [-0.05, 0) is 91.3 Å². The molecule has 0 bridgehead atoms. The van der Waals surface area contributed by atoms with Crippen LogP contribution in [0.1, 0.15) is 92.4 Å². The summed E-state index contributed by atoms with van der Waals surface area (Å²) >= 11 is 0. The van der Waals surface area contributed by atoms with Crippen LogP contribution in [0.3, 0.4) is 0 Å². The molecular weight excluding hydrogens is 672 g/mol. The summed E-state index contributed by atoms with van der Waals surface area (Å²) in [7, 11) is -2.01. The van der Waals surface area contributed by atoms with Gasteiger partial charge in [0.1, 0.15) is 24.4 Å². The Morgan fingerprint density at radius 3 is 2.20 bits per heavy atom. The second-order valence-corrected chi connectivity index (χ2v) is 18.3. The lowest BCUT2D eigenvalue weighted by molar-refractivity contribution is -0.305. The van der Waals surface area contributed by atoms with Crippen LogP contribution in [-0.4, -0.2) is 121 Å². The number of aliphatic hydroxyl groups excluding tert-OH is 4. The number of methoxy groups -OCH3 is 2. The van der Waals surface area contributed by atoms with Crippen LogP contribution in [0.25, 0.3) is 0 Å². The average molecular weight is 737 g/mol. The van der Waals surface area contributed by atoms with Crippen molar-refractivity contribution in [2.45, 2.75) is 147 Å². The lowest BCUT2D eigenvalue weighted by Crippen LogP contribution is -2.69. The molecule has 17 atom stereocenters. The molecule has 13 nitrogen and oxygen atoms in total. The van der Waals surface area contributed by atoms with Gasteiger partial charge in [0.2, 0.25) is 0 Å². The summed E-state index contributed by atoms with van der Waals surface area (Å²) in [6, 6.07) is 0. The molecule has 1 saturated heterocycles. The van der Waals surface area contributed by atoms with Crippen LogP contribution >= 0.6 is 0 Å². The van der Waals surface area contributed by atoms with Gasteiger partial charge in [-0.1, -0.05) is 41.0 Å². The highest BCUT2D eigenvalue weighted by Gasteiger charge is 2.73. The molecular formula is C36H64O13S. The van der Waals surface area contributed by atoms with E-state index in [-0.39, 0.29) is 49.4 Å². The van der Waals surface area contributed by atoms with Crippen molar-refractivity contribution in [2.24, 2.45) is 52.3 Å². The first-order valence-electron chi connectivity index (χ1n) is 18.7. The third-order valence-electron chi connectivity index (χ3n) is 14.4. The molecule has 5 aliphatic rings. The Labute approximate surface area is 298 Å². The van der Waals surface area contributed by atoms with E-state index in [0.29, 0.717) is 44.4 Å². The summed E-state index contributed by atoms with van der Waals surface area (Å²) in [5.74, 6) is -1.32. The molecule has 14 heteroatoms. The Bertz CT molecular complexity index is 1250. The monoisotopic (exact) mass is 736 g/mol. The molecule has 5 fully saturated rings. The van der Waals surface area contributed by atoms with Gasteiger partial charge in [0.15, 0.2) is 6.29 Å². The summed E-state index contributed by atoms with van der Waals surface area (Å²) in [5, 5.41) is 57.2. The van der Waals surface area contributed by atoms with Gasteiger partial charge in [-0.2, -0.15) is 8.42 Å². The zero-order valence-corrected chi connectivity index (χ0v) is 31.7. The molecule has 0 radical (unpaired) electrons. The van der Waals surface area contributed by atoms with Crippen LogP contribution in [0.5, 0.6) is 0 Å². The third-order valence-corrected chi connectivity index (χ3v) is 14.8. The van der Waals surface area contributed by atoms with Crippen LogP contribution in [0.15, 0.2) is 0 Å². The van der Waals surface area contributed by atoms with Crippen molar-refractivity contribution in [3.63, 3.8) is 0 Å². The molecule has 0 spiro atoms. The zero-order chi connectivity index (χ0) is 37.0. The van der Waals surface area contributed by atoms with Crippen LogP contribution in [0.2, 0.25) is 0 Å². The number of ether oxygens (including phenoxy) is 4. The molecule has 1 heterocycles. The maximum Gasteiger partial charge on any atom is 0.397 e. The molecule has 0 aromatic carbocycles. The van der Waals surface area contributed by atoms with E-state index in [1.165, 1.54) is 14.2 Å². The van der Waals surface area contributed by atoms with E-state index in [1.54, 1.807) is 0 Å². The van der Waals surface area contributed by atoms with Crippen LogP contribution in [0, 0.1) is 52.3 Å². The number of aliphatic hydroxyl groups is 5. The maximum atomic E-state index is 13.0. The summed E-state index contributed by atoms with van der Waals surface area (Å²) < 4.78 is 63.0. The minimum atomic E-state index is -4.99. The summed E-state index contributed by atoms with van der Waals surface area (Å²) in [5.41, 5.74) is -2.88. The van der Waals surface area contributed by atoms with E-state index in [1.807, 2.05) is 13.8 Å². The first-order chi connectivity index (χ1) is 23.4. The molecule has 6 N–H and O–H groups in total.